The van der Waals surface area contributed by atoms with Crippen molar-refractivity contribution >= 4 is 23.0 Å². The largest absolute Gasteiger partial charge is 0.399 e. The second kappa shape index (κ2) is 5.35. The number of carbonyl (C=O) groups is 1. The van der Waals surface area contributed by atoms with E-state index in [1.54, 1.807) is 35.5 Å². The van der Waals surface area contributed by atoms with Crippen molar-refractivity contribution in [3.05, 3.63) is 60.9 Å². The average Bonchev–Trinajstić information content (AvgIpc) is 2.44. The van der Waals surface area contributed by atoms with Gasteiger partial charge in [-0.3, -0.25) is 14.7 Å². The van der Waals surface area contributed by atoms with Crippen molar-refractivity contribution < 1.29 is 4.79 Å². The first-order chi connectivity index (χ1) is 9.13. The number of pyridine rings is 1. The van der Waals surface area contributed by atoms with Crippen LogP contribution in [0.4, 0.5) is 17.1 Å². The fourth-order valence-corrected chi connectivity index (χ4v) is 1.83. The summed E-state index contributed by atoms with van der Waals surface area (Å²) >= 11 is 0. The predicted molar refractivity (Wildman–Crippen MR) is 77.2 cm³/mol. The molecule has 4 nitrogen and oxygen atoms in total. The van der Waals surface area contributed by atoms with Crippen molar-refractivity contribution in [2.45, 2.75) is 6.92 Å². The molecule has 0 spiro atoms. The van der Waals surface area contributed by atoms with Crippen LogP contribution in [0.25, 0.3) is 0 Å². The summed E-state index contributed by atoms with van der Waals surface area (Å²) in [5, 5.41) is 0. The highest BCUT2D eigenvalue weighted by atomic mass is 16.2. The molecule has 1 aromatic carbocycles. The molecule has 1 heterocycles. The molecule has 0 unspecified atom stereocenters. The zero-order valence-corrected chi connectivity index (χ0v) is 10.7. The number of rotatable bonds is 3. The topological polar surface area (TPSA) is 59.2 Å². The van der Waals surface area contributed by atoms with E-state index in [0.717, 1.165) is 11.3 Å². The number of nitrogen functional groups attached to an aromatic ring is 1. The van der Waals surface area contributed by atoms with Crippen molar-refractivity contribution in [2.75, 3.05) is 10.6 Å². The second-order valence-corrected chi connectivity index (χ2v) is 4.13. The number of aromatic nitrogens is 1. The summed E-state index contributed by atoms with van der Waals surface area (Å²) < 4.78 is 0. The lowest BCUT2D eigenvalue weighted by atomic mass is 10.1. The van der Waals surface area contributed by atoms with Gasteiger partial charge < -0.3 is 5.73 Å². The Hall–Kier alpha value is -2.62. The van der Waals surface area contributed by atoms with Gasteiger partial charge in [0.05, 0.1) is 17.6 Å². The third-order valence-electron chi connectivity index (χ3n) is 2.77. The van der Waals surface area contributed by atoms with Gasteiger partial charge in [-0.15, -0.1) is 0 Å². The summed E-state index contributed by atoms with van der Waals surface area (Å²) in [5.74, 6) is -0.221. The van der Waals surface area contributed by atoms with Crippen LogP contribution in [0.3, 0.4) is 0 Å². The molecular weight excluding hydrogens is 238 g/mol. The van der Waals surface area contributed by atoms with E-state index in [9.17, 15) is 4.79 Å². The van der Waals surface area contributed by atoms with Crippen molar-refractivity contribution in [3.8, 4) is 0 Å². The van der Waals surface area contributed by atoms with Gasteiger partial charge in [-0.25, -0.2) is 0 Å². The summed E-state index contributed by atoms with van der Waals surface area (Å²) in [6, 6.07) is 9.05. The van der Waals surface area contributed by atoms with Gasteiger partial charge in [-0.2, -0.15) is 0 Å². The smallest absolute Gasteiger partial charge is 0.254 e. The van der Waals surface area contributed by atoms with E-state index in [-0.39, 0.29) is 5.91 Å². The Kier molecular flexibility index (Phi) is 3.61. The molecule has 96 valence electrons. The predicted octanol–water partition coefficient (Wildman–Crippen LogP) is 2.82. The van der Waals surface area contributed by atoms with Crippen LogP contribution in [-0.2, 0) is 4.79 Å². The van der Waals surface area contributed by atoms with Gasteiger partial charge in [0.15, 0.2) is 0 Å². The highest BCUT2D eigenvalue weighted by Crippen LogP contribution is 2.29. The minimum absolute atomic E-state index is 0.221. The van der Waals surface area contributed by atoms with Crippen molar-refractivity contribution in [2.24, 2.45) is 0 Å². The standard InChI is InChI=1S/C15H15N3O/c1-3-15(19)18(13-5-4-8-17-10-13)14-9-12(16)7-6-11(14)2/h3-10H,1,16H2,2H3. The molecule has 0 aliphatic rings. The van der Waals surface area contributed by atoms with Crippen LogP contribution in [0.1, 0.15) is 5.56 Å². The van der Waals surface area contributed by atoms with Gasteiger partial charge in [0.1, 0.15) is 0 Å². The fourth-order valence-electron chi connectivity index (χ4n) is 1.83. The third-order valence-corrected chi connectivity index (χ3v) is 2.77. The Balaban J connectivity index is 2.59. The lowest BCUT2D eigenvalue weighted by Gasteiger charge is -2.23. The number of aryl methyl sites for hydroxylation is 1. The third kappa shape index (κ3) is 2.63. The highest BCUT2D eigenvalue weighted by molar-refractivity contribution is 6.07. The number of anilines is 3. The second-order valence-electron chi connectivity index (χ2n) is 4.13. The molecule has 0 fully saturated rings. The molecule has 0 bridgehead atoms. The van der Waals surface area contributed by atoms with E-state index in [1.807, 2.05) is 19.1 Å². The molecule has 2 aromatic rings. The van der Waals surface area contributed by atoms with Crippen molar-refractivity contribution in [1.29, 1.82) is 0 Å². The number of hydrogen-bond acceptors (Lipinski definition) is 3. The zero-order valence-electron chi connectivity index (χ0n) is 10.7. The Morgan fingerprint density at radius 1 is 1.42 bits per heavy atom. The van der Waals surface area contributed by atoms with E-state index in [4.69, 9.17) is 5.73 Å². The molecule has 0 aliphatic heterocycles. The zero-order chi connectivity index (χ0) is 13.8. The molecule has 19 heavy (non-hydrogen) atoms. The Labute approximate surface area is 112 Å². The maximum absolute atomic E-state index is 12.1. The molecule has 0 saturated carbocycles. The van der Waals surface area contributed by atoms with Crippen LogP contribution in [0.5, 0.6) is 0 Å². The minimum atomic E-state index is -0.221. The first-order valence-electron chi connectivity index (χ1n) is 5.86. The molecule has 0 saturated heterocycles. The van der Waals surface area contributed by atoms with Crippen LogP contribution in [0.15, 0.2) is 55.4 Å². The van der Waals surface area contributed by atoms with Crippen LogP contribution in [0, 0.1) is 6.92 Å². The first-order valence-corrected chi connectivity index (χ1v) is 5.86. The molecule has 0 aliphatic carbocycles. The van der Waals surface area contributed by atoms with Crippen LogP contribution < -0.4 is 10.6 Å². The summed E-state index contributed by atoms with van der Waals surface area (Å²) in [6.45, 7) is 5.47. The molecule has 2 rings (SSSR count). The Morgan fingerprint density at radius 2 is 2.21 bits per heavy atom. The number of benzene rings is 1. The fraction of sp³-hybridized carbons (Fsp3) is 0.0667. The highest BCUT2D eigenvalue weighted by Gasteiger charge is 2.17. The quantitative estimate of drug-likeness (QED) is 0.676. The normalized spacial score (nSPS) is 9.95. The van der Waals surface area contributed by atoms with Gasteiger partial charge >= 0.3 is 0 Å². The molecular formula is C15H15N3O. The average molecular weight is 253 g/mol. The molecule has 1 aromatic heterocycles. The lowest BCUT2D eigenvalue weighted by molar-refractivity contribution is -0.113. The summed E-state index contributed by atoms with van der Waals surface area (Å²) in [4.78, 5) is 17.7. The van der Waals surface area contributed by atoms with Gasteiger partial charge in [0.2, 0.25) is 0 Å². The van der Waals surface area contributed by atoms with Crippen LogP contribution in [-0.4, -0.2) is 10.9 Å². The number of hydrogen-bond donors (Lipinski definition) is 1. The van der Waals surface area contributed by atoms with Crippen molar-refractivity contribution in [1.82, 2.24) is 4.98 Å². The number of nitrogens with zero attached hydrogens (tertiary/aromatic N) is 2. The minimum Gasteiger partial charge on any atom is -0.399 e. The molecule has 2 N–H and O–H groups in total. The first kappa shape index (κ1) is 12.8. The lowest BCUT2D eigenvalue weighted by Crippen LogP contribution is -2.24. The Bertz CT molecular complexity index is 608. The molecule has 0 radical (unpaired) electrons. The SMILES string of the molecule is C=CC(=O)N(c1cccnc1)c1cc(N)ccc1C. The van der Waals surface area contributed by atoms with Gasteiger partial charge in [0, 0.05) is 11.9 Å². The van der Waals surface area contributed by atoms with Gasteiger partial charge in [-0.05, 0) is 42.8 Å². The molecule has 4 heteroatoms. The van der Waals surface area contributed by atoms with E-state index < -0.39 is 0 Å². The maximum atomic E-state index is 12.1. The summed E-state index contributed by atoms with van der Waals surface area (Å²) in [5.41, 5.74) is 8.78. The molecule has 0 atom stereocenters. The van der Waals surface area contributed by atoms with E-state index in [1.165, 1.54) is 6.08 Å². The summed E-state index contributed by atoms with van der Waals surface area (Å²) in [7, 11) is 0. The van der Waals surface area contributed by atoms with E-state index in [0.29, 0.717) is 11.4 Å². The number of carbonyl (C=O) groups excluding carboxylic acids is 1. The van der Waals surface area contributed by atoms with Crippen molar-refractivity contribution in [3.63, 3.8) is 0 Å². The maximum Gasteiger partial charge on any atom is 0.254 e. The van der Waals surface area contributed by atoms with E-state index >= 15 is 0 Å². The number of amides is 1. The van der Waals surface area contributed by atoms with Crippen LogP contribution >= 0.6 is 0 Å². The summed E-state index contributed by atoms with van der Waals surface area (Å²) in [6.07, 6.45) is 4.56. The Morgan fingerprint density at radius 3 is 2.84 bits per heavy atom. The van der Waals surface area contributed by atoms with Gasteiger partial charge in [0.25, 0.3) is 5.91 Å². The number of nitrogens with two attached hydrogens (primary N) is 1. The monoisotopic (exact) mass is 253 g/mol. The van der Waals surface area contributed by atoms with Gasteiger partial charge in [-0.1, -0.05) is 12.6 Å². The van der Waals surface area contributed by atoms with E-state index in [2.05, 4.69) is 11.6 Å². The van der Waals surface area contributed by atoms with Crippen LogP contribution in [0.2, 0.25) is 0 Å². The molecule has 1 amide bonds.